The first-order valence-electron chi connectivity index (χ1n) is 26.9. The number of benzene rings is 4. The normalized spacial score (nSPS) is 23.1. The summed E-state index contributed by atoms with van der Waals surface area (Å²) in [6.07, 6.45) is -1.02. The SMILES string of the molecule is COCOC(CCO[Si](c1ccccc1)(c1ccccc1)C(C)(C)C)c1ccc(OC)c(O[C@H](C#C[Si](C)(C)C)[C@@]23OC(C)(C)O[C@@H]2CC=C3C#C[C@@]2(CO)O[C@H](c3ccc(OC)cc3)O[C@@H]2CO[Si](C)(C)C(C)(C)C)c1Cl. The van der Waals surface area contributed by atoms with Crippen LogP contribution in [0, 0.1) is 23.3 Å². The van der Waals surface area contributed by atoms with E-state index in [0.717, 1.165) is 5.56 Å². The minimum Gasteiger partial charge on any atom is -0.497 e. The molecule has 0 radical (unpaired) electrons. The Morgan fingerprint density at radius 2 is 1.44 bits per heavy atom. The quantitative estimate of drug-likeness (QED) is 0.0515. The van der Waals surface area contributed by atoms with Crippen molar-refractivity contribution in [3.8, 4) is 40.6 Å². The van der Waals surface area contributed by atoms with E-state index in [4.69, 9.17) is 63.1 Å². The second kappa shape index (κ2) is 24.4. The van der Waals surface area contributed by atoms with Gasteiger partial charge < -0.3 is 56.6 Å². The van der Waals surface area contributed by atoms with Crippen LogP contribution in [0.1, 0.15) is 91.8 Å². The van der Waals surface area contributed by atoms with E-state index in [1.807, 2.05) is 68.5 Å². The zero-order valence-electron chi connectivity index (χ0n) is 48.8. The van der Waals surface area contributed by atoms with E-state index in [0.29, 0.717) is 42.1 Å². The molecule has 422 valence electrons. The standard InChI is InChI=1S/C62H83ClO12Si3/c1-58(2,3)77(15,16)70-41-54-61(42-64,74-57(72-54)44-27-30-46(66-10)31-28-44)38-35-45-29-34-53-62(45,75-60(7,8)73-53)52(37-40-76(12,13)14)71-56-51(67-11)33-32-49(55(56)63)50(68-43-65-9)36-39-69-78(59(4,5)6,47-23-19-17-20-24-47)48-25-21-18-22-26-48/h17-33,50,52-54,57,64H,34,36,39,41-43H2,1-16H3/t50?,52-,53-,54-,57-,61+,62-/m1/s1. The predicted molar refractivity (Wildman–Crippen MR) is 315 cm³/mol. The van der Waals surface area contributed by atoms with Crippen molar-refractivity contribution in [2.75, 3.05) is 47.9 Å². The molecule has 7 rings (SSSR count). The van der Waals surface area contributed by atoms with Gasteiger partial charge in [0.15, 0.2) is 49.2 Å². The molecule has 0 bridgehead atoms. The fourth-order valence-electron chi connectivity index (χ4n) is 10.1. The first-order chi connectivity index (χ1) is 36.7. The Morgan fingerprint density at radius 1 is 0.795 bits per heavy atom. The number of aliphatic hydroxyl groups excluding tert-OH is 1. The van der Waals surface area contributed by atoms with Crippen LogP contribution in [0.2, 0.25) is 47.8 Å². The van der Waals surface area contributed by atoms with Crippen molar-refractivity contribution < 1.29 is 56.6 Å². The summed E-state index contributed by atoms with van der Waals surface area (Å²) in [4.78, 5) is 0. The minimum atomic E-state index is -2.91. The molecule has 16 heteroatoms. The van der Waals surface area contributed by atoms with Crippen LogP contribution in [0.25, 0.3) is 0 Å². The number of halogens is 1. The Balaban J connectivity index is 1.30. The smallest absolute Gasteiger partial charge is 0.261 e. The Morgan fingerprint density at radius 3 is 1.99 bits per heavy atom. The third-order valence-electron chi connectivity index (χ3n) is 15.2. The summed E-state index contributed by atoms with van der Waals surface area (Å²) in [5.41, 5.74) is 2.59. The maximum absolute atomic E-state index is 11.5. The molecule has 12 nitrogen and oxygen atoms in total. The molecule has 78 heavy (non-hydrogen) atoms. The van der Waals surface area contributed by atoms with Crippen LogP contribution in [-0.4, -0.2) is 113 Å². The van der Waals surface area contributed by atoms with Crippen LogP contribution < -0.4 is 24.6 Å². The van der Waals surface area contributed by atoms with Gasteiger partial charge >= 0.3 is 0 Å². The third kappa shape index (κ3) is 13.1. The largest absolute Gasteiger partial charge is 0.497 e. The van der Waals surface area contributed by atoms with Gasteiger partial charge in [-0.25, -0.2) is 0 Å². The molecule has 2 aliphatic heterocycles. The average molecular weight is 1140 g/mol. The molecule has 0 aromatic heterocycles. The van der Waals surface area contributed by atoms with Crippen molar-refractivity contribution in [1.82, 2.24) is 0 Å². The zero-order chi connectivity index (χ0) is 57.0. The molecule has 1 N–H and O–H groups in total. The highest BCUT2D eigenvalue weighted by molar-refractivity contribution is 6.99. The average Bonchev–Trinajstić information content (AvgIpc) is 4.20. The van der Waals surface area contributed by atoms with Crippen molar-refractivity contribution in [1.29, 1.82) is 0 Å². The first kappa shape index (κ1) is 61.3. The molecule has 3 aliphatic rings. The molecular formula is C62H83ClO12Si3. The number of hydrogen-bond acceptors (Lipinski definition) is 12. The lowest BCUT2D eigenvalue weighted by Gasteiger charge is -2.43. The molecule has 4 aromatic rings. The number of rotatable bonds is 20. The van der Waals surface area contributed by atoms with Crippen LogP contribution in [0.3, 0.4) is 0 Å². The van der Waals surface area contributed by atoms with Gasteiger partial charge in [0.1, 0.15) is 32.8 Å². The fourth-order valence-corrected chi connectivity index (χ4v) is 16.6. The summed E-state index contributed by atoms with van der Waals surface area (Å²) in [6, 6.07) is 32.3. The van der Waals surface area contributed by atoms with Crippen molar-refractivity contribution in [3.63, 3.8) is 0 Å². The summed E-state index contributed by atoms with van der Waals surface area (Å²) in [6.45, 7) is 27.9. The second-order valence-electron chi connectivity index (χ2n) is 24.4. The Labute approximate surface area is 472 Å². The van der Waals surface area contributed by atoms with Crippen molar-refractivity contribution in [3.05, 3.63) is 125 Å². The zero-order valence-corrected chi connectivity index (χ0v) is 52.5. The van der Waals surface area contributed by atoms with Crippen LogP contribution >= 0.6 is 11.6 Å². The van der Waals surface area contributed by atoms with Crippen LogP contribution in [0.4, 0.5) is 0 Å². The molecule has 0 saturated carbocycles. The molecular weight excluding hydrogens is 1060 g/mol. The van der Waals surface area contributed by atoms with Gasteiger partial charge in [0.2, 0.25) is 0 Å². The summed E-state index contributed by atoms with van der Waals surface area (Å²) >= 11 is 7.66. The number of methoxy groups -OCH3 is 3. The van der Waals surface area contributed by atoms with Crippen molar-refractivity contribution in [2.24, 2.45) is 0 Å². The highest BCUT2D eigenvalue weighted by atomic mass is 35.5. The van der Waals surface area contributed by atoms with E-state index in [1.165, 1.54) is 10.4 Å². The highest BCUT2D eigenvalue weighted by Crippen LogP contribution is 2.52. The van der Waals surface area contributed by atoms with E-state index in [1.54, 1.807) is 21.3 Å². The van der Waals surface area contributed by atoms with Crippen LogP contribution in [-0.2, 0) is 37.3 Å². The lowest BCUT2D eigenvalue weighted by atomic mass is 9.86. The first-order valence-corrected chi connectivity index (χ1v) is 35.6. The van der Waals surface area contributed by atoms with Gasteiger partial charge in [-0.2, -0.15) is 0 Å². The van der Waals surface area contributed by atoms with E-state index in [-0.39, 0.29) is 34.2 Å². The molecule has 4 aromatic carbocycles. The lowest BCUT2D eigenvalue weighted by Crippen LogP contribution is -2.66. The van der Waals surface area contributed by atoms with Gasteiger partial charge in [0.05, 0.1) is 38.6 Å². The van der Waals surface area contributed by atoms with Crippen LogP contribution in [0.15, 0.2) is 109 Å². The van der Waals surface area contributed by atoms with Gasteiger partial charge in [-0.3, -0.25) is 0 Å². The van der Waals surface area contributed by atoms with Gasteiger partial charge in [-0.05, 0) is 72.0 Å². The Bertz CT molecular complexity index is 2780. The van der Waals surface area contributed by atoms with E-state index < -0.39 is 79.0 Å². The van der Waals surface area contributed by atoms with Gasteiger partial charge in [0.25, 0.3) is 8.32 Å². The van der Waals surface area contributed by atoms with Gasteiger partial charge in [-0.15, -0.1) is 5.54 Å². The maximum Gasteiger partial charge on any atom is 0.261 e. The molecule has 0 amide bonds. The Kier molecular flexibility index (Phi) is 19.2. The van der Waals surface area contributed by atoms with Crippen molar-refractivity contribution in [2.45, 2.75) is 159 Å². The summed E-state index contributed by atoms with van der Waals surface area (Å²) in [5, 5.41) is 13.8. The van der Waals surface area contributed by atoms with E-state index >= 15 is 0 Å². The fraction of sp³-hybridized carbons (Fsp3) is 0.516. The van der Waals surface area contributed by atoms with Gasteiger partial charge in [0, 0.05) is 36.8 Å². The molecule has 1 unspecified atom stereocenters. The van der Waals surface area contributed by atoms with Crippen molar-refractivity contribution >= 4 is 46.7 Å². The third-order valence-corrected chi connectivity index (χ3v) is 26.0. The lowest BCUT2D eigenvalue weighted by molar-refractivity contribution is -0.166. The summed E-state index contributed by atoms with van der Waals surface area (Å²) in [7, 11) is -2.54. The minimum absolute atomic E-state index is 0.00118. The Hall–Kier alpha value is -4.28. The molecule has 2 saturated heterocycles. The topological polar surface area (TPSA) is 122 Å². The second-order valence-corrected chi connectivity index (χ2v) is 38.6. The number of hydrogen-bond donors (Lipinski definition) is 1. The van der Waals surface area contributed by atoms with E-state index in [2.05, 4.69) is 146 Å². The maximum atomic E-state index is 11.5. The number of ether oxygens (including phenoxy) is 9. The monoisotopic (exact) mass is 1140 g/mol. The summed E-state index contributed by atoms with van der Waals surface area (Å²) < 4.78 is 72.3. The van der Waals surface area contributed by atoms with Gasteiger partial charge in [-0.1, -0.05) is 175 Å². The molecule has 0 spiro atoms. The van der Waals surface area contributed by atoms with Crippen LogP contribution in [0.5, 0.6) is 17.2 Å². The number of fused-ring (bicyclic) bond motifs is 1. The highest BCUT2D eigenvalue weighted by Gasteiger charge is 2.63. The molecule has 2 fully saturated rings. The summed E-state index contributed by atoms with van der Waals surface area (Å²) in [5.74, 6) is 10.7. The molecule has 1 aliphatic carbocycles. The predicted octanol–water partition coefficient (Wildman–Crippen LogP) is 11.7. The molecule has 7 atom stereocenters. The number of aliphatic hydroxyl groups is 1. The van der Waals surface area contributed by atoms with E-state index in [9.17, 15) is 5.11 Å². The molecule has 2 heterocycles.